The maximum Gasteiger partial charge on any atom is 0.259 e. The molecular weight excluding hydrogens is 398 g/mol. The molecule has 0 bridgehead atoms. The van der Waals surface area contributed by atoms with E-state index in [1.165, 1.54) is 11.3 Å². The summed E-state index contributed by atoms with van der Waals surface area (Å²) in [5.74, 6) is 0.476. The van der Waals surface area contributed by atoms with Gasteiger partial charge in [0, 0.05) is 36.7 Å². The Kier molecular flexibility index (Phi) is 5.76. The Morgan fingerprint density at radius 3 is 2.70 bits per heavy atom. The summed E-state index contributed by atoms with van der Waals surface area (Å²) in [7, 11) is 0. The van der Waals surface area contributed by atoms with Crippen molar-refractivity contribution in [3.05, 3.63) is 80.5 Å². The highest BCUT2D eigenvalue weighted by molar-refractivity contribution is 7.18. The second-order valence-corrected chi connectivity index (χ2v) is 8.48. The number of H-pyrrole nitrogens is 1. The molecule has 3 heterocycles. The number of aromatic nitrogens is 4. The first-order chi connectivity index (χ1) is 14.5. The lowest BCUT2D eigenvalue weighted by Gasteiger charge is -2.07. The fourth-order valence-corrected chi connectivity index (χ4v) is 4.33. The zero-order valence-electron chi connectivity index (χ0n) is 16.9. The summed E-state index contributed by atoms with van der Waals surface area (Å²) in [4.78, 5) is 33.7. The van der Waals surface area contributed by atoms with Crippen molar-refractivity contribution in [2.75, 3.05) is 0 Å². The zero-order valence-corrected chi connectivity index (χ0v) is 17.8. The van der Waals surface area contributed by atoms with Crippen LogP contribution in [0.5, 0.6) is 0 Å². The van der Waals surface area contributed by atoms with Crippen molar-refractivity contribution in [2.45, 2.75) is 39.8 Å². The van der Waals surface area contributed by atoms with E-state index >= 15 is 0 Å². The van der Waals surface area contributed by atoms with Gasteiger partial charge in [-0.1, -0.05) is 24.3 Å². The summed E-state index contributed by atoms with van der Waals surface area (Å²) in [5.41, 5.74) is 3.03. The molecule has 1 amide bonds. The molecule has 4 rings (SSSR count). The highest BCUT2D eigenvalue weighted by atomic mass is 32.1. The molecule has 1 aromatic carbocycles. The van der Waals surface area contributed by atoms with Gasteiger partial charge in [-0.05, 0) is 36.6 Å². The van der Waals surface area contributed by atoms with Gasteiger partial charge in [0.25, 0.3) is 5.56 Å². The summed E-state index contributed by atoms with van der Waals surface area (Å²) in [6.07, 6.45) is 4.36. The van der Waals surface area contributed by atoms with Gasteiger partial charge < -0.3 is 10.3 Å². The molecule has 30 heavy (non-hydrogen) atoms. The fraction of sp³-hybridized carbons (Fsp3) is 0.273. The van der Waals surface area contributed by atoms with Crippen LogP contribution in [0, 0.1) is 13.8 Å². The molecule has 8 heteroatoms. The van der Waals surface area contributed by atoms with E-state index in [0.29, 0.717) is 24.2 Å². The number of aryl methyl sites for hydroxylation is 3. The van der Waals surface area contributed by atoms with Crippen molar-refractivity contribution < 1.29 is 4.79 Å². The minimum atomic E-state index is -0.132. The smallest absolute Gasteiger partial charge is 0.259 e. The molecule has 4 aromatic rings. The third-order valence-corrected chi connectivity index (χ3v) is 6.19. The van der Waals surface area contributed by atoms with Crippen molar-refractivity contribution in [1.82, 2.24) is 25.1 Å². The number of carbonyl (C=O) groups is 1. The van der Waals surface area contributed by atoms with Crippen LogP contribution in [0.15, 0.2) is 47.5 Å². The maximum atomic E-state index is 12.3. The Bertz CT molecular complexity index is 1220. The van der Waals surface area contributed by atoms with Crippen LogP contribution in [-0.4, -0.2) is 25.7 Å². The van der Waals surface area contributed by atoms with Crippen molar-refractivity contribution in [2.24, 2.45) is 0 Å². The molecule has 7 nitrogen and oxygen atoms in total. The first kappa shape index (κ1) is 20.0. The lowest BCUT2D eigenvalue weighted by atomic mass is 10.1. The van der Waals surface area contributed by atoms with E-state index in [4.69, 9.17) is 0 Å². The maximum absolute atomic E-state index is 12.3. The number of hydrogen-bond acceptors (Lipinski definition) is 5. The second-order valence-electron chi connectivity index (χ2n) is 7.27. The monoisotopic (exact) mass is 421 g/mol. The van der Waals surface area contributed by atoms with Gasteiger partial charge in [0.05, 0.1) is 11.9 Å². The van der Waals surface area contributed by atoms with Crippen molar-refractivity contribution >= 4 is 27.5 Å². The number of nitrogens with zero attached hydrogens (tertiary/aromatic N) is 3. The Hall–Kier alpha value is -3.26. The van der Waals surface area contributed by atoms with Gasteiger partial charge in [-0.25, -0.2) is 4.98 Å². The van der Waals surface area contributed by atoms with Crippen molar-refractivity contribution in [3.63, 3.8) is 0 Å². The first-order valence-corrected chi connectivity index (χ1v) is 10.6. The molecule has 0 aliphatic rings. The van der Waals surface area contributed by atoms with Gasteiger partial charge in [0.2, 0.25) is 5.91 Å². The fourth-order valence-electron chi connectivity index (χ4n) is 3.28. The molecule has 0 saturated heterocycles. The SMILES string of the molecule is Cc1sc2nc(CCC(=O)NCc3ccc(Cn4cccn4)cc3)[nH]c(=O)c2c1C. The summed E-state index contributed by atoms with van der Waals surface area (Å²) in [6, 6.07) is 9.99. The number of amides is 1. The Morgan fingerprint density at radius 1 is 1.20 bits per heavy atom. The zero-order chi connectivity index (χ0) is 21.1. The molecule has 0 radical (unpaired) electrons. The highest BCUT2D eigenvalue weighted by Gasteiger charge is 2.12. The number of fused-ring (bicyclic) bond motifs is 1. The topological polar surface area (TPSA) is 92.7 Å². The Labute approximate surface area is 177 Å². The first-order valence-electron chi connectivity index (χ1n) is 9.80. The molecular formula is C22H23N5O2S. The molecule has 0 aliphatic carbocycles. The minimum Gasteiger partial charge on any atom is -0.352 e. The molecule has 2 N–H and O–H groups in total. The van der Waals surface area contributed by atoms with E-state index in [1.807, 2.05) is 55.1 Å². The number of carbonyl (C=O) groups excluding carboxylic acids is 1. The number of thiophene rings is 1. The second kappa shape index (κ2) is 8.62. The van der Waals surface area contributed by atoms with Gasteiger partial charge in [-0.2, -0.15) is 5.10 Å². The van der Waals surface area contributed by atoms with Gasteiger partial charge >= 0.3 is 0 Å². The average Bonchev–Trinajstić information content (AvgIpc) is 3.34. The van der Waals surface area contributed by atoms with Gasteiger partial charge in [-0.3, -0.25) is 14.3 Å². The van der Waals surface area contributed by atoms with Crippen LogP contribution in [0.25, 0.3) is 10.2 Å². The Balaban J connectivity index is 1.30. The molecule has 0 atom stereocenters. The summed E-state index contributed by atoms with van der Waals surface area (Å²) in [5, 5.41) is 7.78. The lowest BCUT2D eigenvalue weighted by molar-refractivity contribution is -0.121. The van der Waals surface area contributed by atoms with E-state index in [1.54, 1.807) is 6.20 Å². The largest absolute Gasteiger partial charge is 0.352 e. The molecule has 0 spiro atoms. The Morgan fingerprint density at radius 2 is 1.97 bits per heavy atom. The molecule has 154 valence electrons. The number of benzene rings is 1. The molecule has 0 unspecified atom stereocenters. The third-order valence-electron chi connectivity index (χ3n) is 5.09. The van der Waals surface area contributed by atoms with Crippen LogP contribution in [-0.2, 0) is 24.3 Å². The molecule has 0 saturated carbocycles. The van der Waals surface area contributed by atoms with E-state index in [2.05, 4.69) is 20.4 Å². The number of nitrogens with one attached hydrogen (secondary N) is 2. The van der Waals surface area contributed by atoms with Crippen LogP contribution >= 0.6 is 11.3 Å². The van der Waals surface area contributed by atoms with Gasteiger partial charge in [0.1, 0.15) is 10.7 Å². The van der Waals surface area contributed by atoms with Crippen LogP contribution in [0.4, 0.5) is 0 Å². The third kappa shape index (κ3) is 4.49. The van der Waals surface area contributed by atoms with Crippen LogP contribution in [0.1, 0.15) is 33.8 Å². The molecule has 0 fully saturated rings. The van der Waals surface area contributed by atoms with E-state index in [9.17, 15) is 9.59 Å². The predicted molar refractivity (Wildman–Crippen MR) is 118 cm³/mol. The molecule has 3 aromatic heterocycles. The van der Waals surface area contributed by atoms with Crippen LogP contribution in [0.2, 0.25) is 0 Å². The van der Waals surface area contributed by atoms with Crippen LogP contribution in [0.3, 0.4) is 0 Å². The summed E-state index contributed by atoms with van der Waals surface area (Å²) in [6.45, 7) is 5.10. The normalized spacial score (nSPS) is 11.1. The van der Waals surface area contributed by atoms with E-state index in [0.717, 1.165) is 32.9 Å². The molecule has 0 aliphatic heterocycles. The van der Waals surface area contributed by atoms with E-state index < -0.39 is 0 Å². The van der Waals surface area contributed by atoms with Crippen molar-refractivity contribution in [3.8, 4) is 0 Å². The van der Waals surface area contributed by atoms with Crippen LogP contribution < -0.4 is 10.9 Å². The average molecular weight is 422 g/mol. The minimum absolute atomic E-state index is 0.0723. The highest BCUT2D eigenvalue weighted by Crippen LogP contribution is 2.25. The summed E-state index contributed by atoms with van der Waals surface area (Å²) < 4.78 is 1.87. The van der Waals surface area contributed by atoms with Gasteiger partial charge in [0.15, 0.2) is 0 Å². The standard InChI is InChI=1S/C22H23N5O2S/c1-14-15(2)30-22-20(14)21(29)25-18(26-22)8-9-19(28)23-12-16-4-6-17(7-5-16)13-27-11-3-10-24-27/h3-7,10-11H,8-9,12-13H2,1-2H3,(H,23,28)(H,25,26,29). The quantitative estimate of drug-likeness (QED) is 0.480. The lowest BCUT2D eigenvalue weighted by Crippen LogP contribution is -2.23. The summed E-state index contributed by atoms with van der Waals surface area (Å²) >= 11 is 1.51. The van der Waals surface area contributed by atoms with Gasteiger partial charge in [-0.15, -0.1) is 11.3 Å². The number of aromatic amines is 1. The van der Waals surface area contributed by atoms with E-state index in [-0.39, 0.29) is 17.9 Å². The predicted octanol–water partition coefficient (Wildman–Crippen LogP) is 3.10. The number of rotatable bonds is 7. The van der Waals surface area contributed by atoms with Crippen molar-refractivity contribution in [1.29, 1.82) is 0 Å². The number of hydrogen-bond donors (Lipinski definition) is 2.